The van der Waals surface area contributed by atoms with Crippen LogP contribution in [-0.2, 0) is 10.3 Å². The molecule has 5 nitrogen and oxygen atoms in total. The Bertz CT molecular complexity index is 542. The molecule has 0 aliphatic rings. The van der Waals surface area contributed by atoms with Crippen LogP contribution < -0.4 is 11.3 Å². The maximum absolute atomic E-state index is 5.80. The number of nitrogen functional groups attached to an aromatic ring is 1. The van der Waals surface area contributed by atoms with Gasteiger partial charge in [-0.15, -0.1) is 11.3 Å². The molecule has 6 heteroatoms. The molecule has 0 radical (unpaired) electrons. The second-order valence-corrected chi connectivity index (χ2v) is 5.09. The average molecular weight is 266 g/mol. The van der Waals surface area contributed by atoms with E-state index in [1.165, 1.54) is 0 Å². The summed E-state index contributed by atoms with van der Waals surface area (Å²) in [6.45, 7) is 6.67. The highest BCUT2D eigenvalue weighted by atomic mass is 32.1. The first-order valence-corrected chi connectivity index (χ1v) is 6.89. The lowest BCUT2D eigenvalue weighted by Gasteiger charge is -2.26. The van der Waals surface area contributed by atoms with Crippen molar-refractivity contribution in [1.82, 2.24) is 9.97 Å². The lowest BCUT2D eigenvalue weighted by atomic mass is 10.0. The van der Waals surface area contributed by atoms with E-state index in [9.17, 15) is 0 Å². The molecule has 2 heterocycles. The van der Waals surface area contributed by atoms with Gasteiger partial charge in [0.15, 0.2) is 11.6 Å². The number of fused-ring (bicyclic) bond motifs is 1. The zero-order valence-corrected chi connectivity index (χ0v) is 11.7. The number of nitrogens with two attached hydrogens (primary N) is 1. The van der Waals surface area contributed by atoms with E-state index in [1.54, 1.807) is 11.3 Å². The minimum atomic E-state index is -0.474. The third-order valence-corrected chi connectivity index (χ3v) is 3.88. The number of hydrogen-bond acceptors (Lipinski definition) is 6. The van der Waals surface area contributed by atoms with E-state index in [1.807, 2.05) is 25.3 Å². The summed E-state index contributed by atoms with van der Waals surface area (Å²) in [5.74, 6) is 6.85. The Labute approximate surface area is 110 Å². The highest BCUT2D eigenvalue weighted by molar-refractivity contribution is 7.16. The van der Waals surface area contributed by atoms with Crippen molar-refractivity contribution in [3.8, 4) is 0 Å². The molecule has 0 saturated heterocycles. The van der Waals surface area contributed by atoms with Crippen molar-refractivity contribution in [2.75, 3.05) is 12.0 Å². The smallest absolute Gasteiger partial charge is 0.163 e. The fourth-order valence-electron chi connectivity index (χ4n) is 1.85. The highest BCUT2D eigenvalue weighted by Gasteiger charge is 2.29. The van der Waals surface area contributed by atoms with Gasteiger partial charge in [-0.2, -0.15) is 0 Å². The van der Waals surface area contributed by atoms with Crippen LogP contribution in [0.25, 0.3) is 10.2 Å². The zero-order valence-electron chi connectivity index (χ0n) is 10.9. The van der Waals surface area contributed by atoms with E-state index in [4.69, 9.17) is 10.6 Å². The van der Waals surface area contributed by atoms with Gasteiger partial charge in [-0.3, -0.25) is 0 Å². The summed E-state index contributed by atoms with van der Waals surface area (Å²) in [7, 11) is 0. The molecule has 2 aromatic rings. The fourth-order valence-corrected chi connectivity index (χ4v) is 2.61. The molecule has 0 bridgehead atoms. The van der Waals surface area contributed by atoms with E-state index < -0.39 is 5.60 Å². The average Bonchev–Trinajstić information content (AvgIpc) is 2.85. The van der Waals surface area contributed by atoms with E-state index >= 15 is 0 Å². The summed E-state index contributed by atoms with van der Waals surface area (Å²) < 4.78 is 5.80. The maximum atomic E-state index is 5.80. The maximum Gasteiger partial charge on any atom is 0.163 e. The van der Waals surface area contributed by atoms with Gasteiger partial charge in [-0.1, -0.05) is 6.92 Å². The number of ether oxygens (including phenoxy) is 1. The molecule has 2 aromatic heterocycles. The minimum Gasteiger partial charge on any atom is -0.368 e. The van der Waals surface area contributed by atoms with Gasteiger partial charge in [0, 0.05) is 6.61 Å². The monoisotopic (exact) mass is 266 g/mol. The number of anilines is 1. The molecule has 0 saturated carbocycles. The van der Waals surface area contributed by atoms with Crippen molar-refractivity contribution >= 4 is 27.4 Å². The van der Waals surface area contributed by atoms with Gasteiger partial charge in [-0.05, 0) is 31.7 Å². The van der Waals surface area contributed by atoms with Crippen molar-refractivity contribution in [2.24, 2.45) is 5.84 Å². The second-order valence-electron chi connectivity index (χ2n) is 4.20. The Morgan fingerprint density at radius 1 is 1.44 bits per heavy atom. The SMILES string of the molecule is CCOC(C)(CC)c1nc(NN)c2ccsc2n1. The first-order chi connectivity index (χ1) is 8.64. The predicted octanol–water partition coefficient (Wildman–Crippen LogP) is 2.64. The molecule has 0 fully saturated rings. The van der Waals surface area contributed by atoms with Gasteiger partial charge in [0.1, 0.15) is 10.4 Å². The number of nitrogens with one attached hydrogen (secondary N) is 1. The van der Waals surface area contributed by atoms with Crippen LogP contribution in [0.3, 0.4) is 0 Å². The van der Waals surface area contributed by atoms with E-state index in [0.717, 1.165) is 16.6 Å². The van der Waals surface area contributed by atoms with Crippen LogP contribution in [0.1, 0.15) is 33.0 Å². The molecule has 0 aliphatic heterocycles. The van der Waals surface area contributed by atoms with E-state index in [2.05, 4.69) is 22.3 Å². The molecular formula is C12H18N4OS. The summed E-state index contributed by atoms with van der Waals surface area (Å²) >= 11 is 1.57. The van der Waals surface area contributed by atoms with Gasteiger partial charge in [0.25, 0.3) is 0 Å². The summed E-state index contributed by atoms with van der Waals surface area (Å²) in [6, 6.07) is 1.96. The predicted molar refractivity (Wildman–Crippen MR) is 74.5 cm³/mol. The third kappa shape index (κ3) is 2.19. The molecule has 0 aliphatic carbocycles. The van der Waals surface area contributed by atoms with E-state index in [-0.39, 0.29) is 0 Å². The molecule has 0 spiro atoms. The van der Waals surface area contributed by atoms with Gasteiger partial charge in [-0.25, -0.2) is 15.8 Å². The molecule has 98 valence electrons. The van der Waals surface area contributed by atoms with Crippen molar-refractivity contribution < 1.29 is 4.74 Å². The normalized spacial score (nSPS) is 14.7. The highest BCUT2D eigenvalue weighted by Crippen LogP contribution is 2.31. The Hall–Kier alpha value is -1.24. The van der Waals surface area contributed by atoms with Gasteiger partial charge in [0.05, 0.1) is 5.39 Å². The van der Waals surface area contributed by atoms with Crippen LogP contribution in [0.4, 0.5) is 5.82 Å². The minimum absolute atomic E-state index is 0.474. The molecular weight excluding hydrogens is 248 g/mol. The molecule has 1 unspecified atom stereocenters. The third-order valence-electron chi connectivity index (χ3n) is 3.07. The largest absolute Gasteiger partial charge is 0.368 e. The molecule has 0 aromatic carbocycles. The van der Waals surface area contributed by atoms with Crippen LogP contribution in [0.2, 0.25) is 0 Å². The lowest BCUT2D eigenvalue weighted by Crippen LogP contribution is -2.28. The number of thiophene rings is 1. The first kappa shape index (κ1) is 13.2. The van der Waals surface area contributed by atoms with Crippen molar-refractivity contribution in [3.05, 3.63) is 17.3 Å². The van der Waals surface area contributed by atoms with Crippen molar-refractivity contribution in [3.63, 3.8) is 0 Å². The van der Waals surface area contributed by atoms with Crippen molar-refractivity contribution in [1.29, 1.82) is 0 Å². The number of hydrogen-bond donors (Lipinski definition) is 2. The van der Waals surface area contributed by atoms with Crippen LogP contribution in [0.5, 0.6) is 0 Å². The Morgan fingerprint density at radius 3 is 2.83 bits per heavy atom. The Kier molecular flexibility index (Phi) is 3.79. The number of nitrogens with zero attached hydrogens (tertiary/aromatic N) is 2. The first-order valence-electron chi connectivity index (χ1n) is 6.01. The topological polar surface area (TPSA) is 73.1 Å². The Morgan fingerprint density at radius 2 is 2.22 bits per heavy atom. The number of rotatable bonds is 5. The van der Waals surface area contributed by atoms with Gasteiger partial charge in [0.2, 0.25) is 0 Å². The molecule has 18 heavy (non-hydrogen) atoms. The van der Waals surface area contributed by atoms with Crippen LogP contribution in [-0.4, -0.2) is 16.6 Å². The van der Waals surface area contributed by atoms with Gasteiger partial charge >= 0.3 is 0 Å². The lowest BCUT2D eigenvalue weighted by molar-refractivity contribution is -0.0386. The van der Waals surface area contributed by atoms with Gasteiger partial charge < -0.3 is 10.2 Å². The Balaban J connectivity index is 2.56. The van der Waals surface area contributed by atoms with Crippen molar-refractivity contribution in [2.45, 2.75) is 32.8 Å². The molecule has 2 rings (SSSR count). The van der Waals surface area contributed by atoms with Crippen LogP contribution in [0, 0.1) is 0 Å². The summed E-state index contributed by atoms with van der Waals surface area (Å²) in [5.41, 5.74) is 2.16. The zero-order chi connectivity index (χ0) is 13.2. The molecule has 1 atom stereocenters. The van der Waals surface area contributed by atoms with Crippen LogP contribution in [0.15, 0.2) is 11.4 Å². The quantitative estimate of drug-likeness (QED) is 0.643. The number of aromatic nitrogens is 2. The van der Waals surface area contributed by atoms with E-state index in [0.29, 0.717) is 18.2 Å². The van der Waals surface area contributed by atoms with Crippen LogP contribution >= 0.6 is 11.3 Å². The number of hydrazine groups is 1. The summed E-state index contributed by atoms with van der Waals surface area (Å²) in [4.78, 5) is 10.0. The summed E-state index contributed by atoms with van der Waals surface area (Å²) in [5, 5.41) is 2.93. The molecule has 0 amide bonds. The fraction of sp³-hybridized carbons (Fsp3) is 0.500. The standard InChI is InChI=1S/C12H18N4OS/c1-4-12(3,17-5-2)11-14-9(16-13)8-6-7-18-10(8)15-11/h6-7H,4-5,13H2,1-3H3,(H,14,15,16). The second kappa shape index (κ2) is 5.17. The summed E-state index contributed by atoms with van der Waals surface area (Å²) in [6.07, 6.45) is 0.807. The molecule has 3 N–H and O–H groups in total.